The van der Waals surface area contributed by atoms with E-state index in [-0.39, 0.29) is 19.0 Å². The molecule has 1 heterocycles. The molecular weight excluding hydrogens is 377 g/mol. The average Bonchev–Trinajstić information content (AvgIpc) is 3.26. The van der Waals surface area contributed by atoms with Crippen molar-refractivity contribution in [2.75, 3.05) is 0 Å². The second-order valence-electron chi connectivity index (χ2n) is 5.88. The highest BCUT2D eigenvalue weighted by Crippen LogP contribution is 2.18. The Morgan fingerprint density at radius 2 is 1.83 bits per heavy atom. The summed E-state index contributed by atoms with van der Waals surface area (Å²) in [4.78, 5) is 23.5. The molecule has 3 rings (SSSR count). The zero-order valence-electron chi connectivity index (χ0n) is 15.3. The van der Waals surface area contributed by atoms with E-state index in [0.717, 1.165) is 0 Å². The third-order valence-electron chi connectivity index (χ3n) is 3.84. The lowest BCUT2D eigenvalue weighted by Gasteiger charge is -2.09. The first-order valence-corrected chi connectivity index (χ1v) is 8.72. The van der Waals surface area contributed by atoms with Crippen molar-refractivity contribution < 1.29 is 23.1 Å². The Bertz CT molecular complexity index is 1000. The largest absolute Gasteiger partial charge is 0.488 e. The number of hydrogen-bond acceptors (Lipinski definition) is 5. The second kappa shape index (κ2) is 9.84. The molecule has 0 saturated carbocycles. The predicted molar refractivity (Wildman–Crippen MR) is 103 cm³/mol. The van der Waals surface area contributed by atoms with E-state index in [0.29, 0.717) is 22.6 Å². The molecule has 8 heteroatoms. The lowest BCUT2D eigenvalue weighted by atomic mass is 10.2. The van der Waals surface area contributed by atoms with E-state index >= 15 is 0 Å². The number of hydrogen-bond donors (Lipinski definition) is 2. The molecule has 3 aromatic rings. The molecule has 0 radical (unpaired) electrons. The highest BCUT2D eigenvalue weighted by Gasteiger charge is 2.12. The Hall–Kier alpha value is -3.94. The number of carbonyl (C=O) groups excluding carboxylic acids is 2. The third-order valence-corrected chi connectivity index (χ3v) is 3.84. The van der Waals surface area contributed by atoms with Crippen LogP contribution in [0.1, 0.15) is 16.9 Å². The molecule has 0 saturated heterocycles. The SMILES string of the molecule is O=C(NCc1ccco1)C(=O)N/N=C\c1ccccc1OCc1ccccc1F. The average molecular weight is 395 g/mol. The molecule has 0 aliphatic rings. The third kappa shape index (κ3) is 5.77. The molecule has 2 aromatic carbocycles. The molecule has 148 valence electrons. The number of hydrazone groups is 1. The van der Waals surface area contributed by atoms with Crippen LogP contribution < -0.4 is 15.5 Å². The Morgan fingerprint density at radius 1 is 1.03 bits per heavy atom. The van der Waals surface area contributed by atoms with Gasteiger partial charge in [-0.2, -0.15) is 5.10 Å². The topological polar surface area (TPSA) is 92.9 Å². The van der Waals surface area contributed by atoms with Crippen LogP contribution in [0.25, 0.3) is 0 Å². The first-order valence-electron chi connectivity index (χ1n) is 8.72. The molecule has 29 heavy (non-hydrogen) atoms. The molecule has 1 aromatic heterocycles. The molecule has 7 nitrogen and oxygen atoms in total. The standard InChI is InChI=1S/C21H18FN3O4/c22-18-9-3-1-7-16(18)14-29-19-10-4-2-6-15(19)12-24-25-21(27)20(26)23-13-17-8-5-11-28-17/h1-12H,13-14H2,(H,23,26)(H,25,27)/b24-12-. The molecule has 0 aliphatic carbocycles. The summed E-state index contributed by atoms with van der Waals surface area (Å²) in [6, 6.07) is 16.6. The van der Waals surface area contributed by atoms with Gasteiger partial charge < -0.3 is 14.5 Å². The maximum Gasteiger partial charge on any atom is 0.329 e. The number of carbonyl (C=O) groups is 2. The molecule has 0 aliphatic heterocycles. The van der Waals surface area contributed by atoms with Gasteiger partial charge in [0.05, 0.1) is 19.0 Å². The van der Waals surface area contributed by atoms with Crippen LogP contribution in [0.3, 0.4) is 0 Å². The summed E-state index contributed by atoms with van der Waals surface area (Å²) >= 11 is 0. The lowest BCUT2D eigenvalue weighted by Crippen LogP contribution is -2.37. The first kappa shape index (κ1) is 19.8. The van der Waals surface area contributed by atoms with Gasteiger partial charge in [-0.3, -0.25) is 9.59 Å². The minimum Gasteiger partial charge on any atom is -0.488 e. The van der Waals surface area contributed by atoms with Crippen LogP contribution in [0, 0.1) is 5.82 Å². The molecule has 2 N–H and O–H groups in total. The van der Waals surface area contributed by atoms with Crippen molar-refractivity contribution in [3.63, 3.8) is 0 Å². The van der Waals surface area contributed by atoms with Gasteiger partial charge in [-0.05, 0) is 30.3 Å². The first-order chi connectivity index (χ1) is 14.1. The summed E-state index contributed by atoms with van der Waals surface area (Å²) in [5.41, 5.74) is 3.12. The van der Waals surface area contributed by atoms with E-state index in [4.69, 9.17) is 9.15 Å². The number of furan rings is 1. The van der Waals surface area contributed by atoms with Gasteiger partial charge in [0, 0.05) is 11.1 Å². The fraction of sp³-hybridized carbons (Fsp3) is 0.0952. The lowest BCUT2D eigenvalue weighted by molar-refractivity contribution is -0.139. The highest BCUT2D eigenvalue weighted by molar-refractivity contribution is 6.35. The van der Waals surface area contributed by atoms with Gasteiger partial charge in [-0.15, -0.1) is 0 Å². The summed E-state index contributed by atoms with van der Waals surface area (Å²) in [5.74, 6) is -1.14. The number of ether oxygens (including phenoxy) is 1. The molecule has 2 amide bonds. The van der Waals surface area contributed by atoms with Crippen LogP contribution in [0.15, 0.2) is 76.4 Å². The maximum atomic E-state index is 13.7. The Morgan fingerprint density at radius 3 is 2.62 bits per heavy atom. The van der Waals surface area contributed by atoms with E-state index in [1.807, 2.05) is 0 Å². The number of halogens is 1. The maximum absolute atomic E-state index is 13.7. The van der Waals surface area contributed by atoms with E-state index in [1.165, 1.54) is 18.5 Å². The quantitative estimate of drug-likeness (QED) is 0.366. The van der Waals surface area contributed by atoms with Crippen molar-refractivity contribution in [3.8, 4) is 5.75 Å². The number of rotatable bonds is 7. The minimum absolute atomic E-state index is 0.0407. The Labute approximate surface area is 166 Å². The van der Waals surface area contributed by atoms with Gasteiger partial charge in [0.25, 0.3) is 0 Å². The van der Waals surface area contributed by atoms with Crippen LogP contribution in [0.2, 0.25) is 0 Å². The van der Waals surface area contributed by atoms with Gasteiger partial charge in [0.15, 0.2) is 0 Å². The second-order valence-corrected chi connectivity index (χ2v) is 5.88. The van der Waals surface area contributed by atoms with E-state index in [1.54, 1.807) is 54.6 Å². The van der Waals surface area contributed by atoms with Crippen molar-refractivity contribution in [3.05, 3.63) is 89.6 Å². The fourth-order valence-corrected chi connectivity index (χ4v) is 2.36. The van der Waals surface area contributed by atoms with E-state index < -0.39 is 11.8 Å². The van der Waals surface area contributed by atoms with Gasteiger partial charge in [0.1, 0.15) is 23.9 Å². The summed E-state index contributed by atoms with van der Waals surface area (Å²) in [6.07, 6.45) is 2.81. The smallest absolute Gasteiger partial charge is 0.329 e. The number of amides is 2. The molecule has 0 fully saturated rings. The molecule has 0 atom stereocenters. The number of para-hydroxylation sites is 1. The van der Waals surface area contributed by atoms with Crippen LogP contribution >= 0.6 is 0 Å². The zero-order chi connectivity index (χ0) is 20.5. The van der Waals surface area contributed by atoms with Crippen LogP contribution in [-0.2, 0) is 22.7 Å². The fourth-order valence-electron chi connectivity index (χ4n) is 2.36. The van der Waals surface area contributed by atoms with Crippen molar-refractivity contribution in [2.24, 2.45) is 5.10 Å². The normalized spacial score (nSPS) is 10.7. The Kier molecular flexibility index (Phi) is 6.72. The van der Waals surface area contributed by atoms with Crippen molar-refractivity contribution >= 4 is 18.0 Å². The highest BCUT2D eigenvalue weighted by atomic mass is 19.1. The van der Waals surface area contributed by atoms with Gasteiger partial charge >= 0.3 is 11.8 Å². The minimum atomic E-state index is -0.919. The molecule has 0 spiro atoms. The van der Waals surface area contributed by atoms with Crippen LogP contribution in [0.4, 0.5) is 4.39 Å². The van der Waals surface area contributed by atoms with Crippen molar-refractivity contribution in [2.45, 2.75) is 13.2 Å². The molecular formula is C21H18FN3O4. The van der Waals surface area contributed by atoms with Gasteiger partial charge in [-0.25, -0.2) is 9.82 Å². The number of benzene rings is 2. The van der Waals surface area contributed by atoms with E-state index in [2.05, 4.69) is 15.8 Å². The molecule has 0 bridgehead atoms. The van der Waals surface area contributed by atoms with E-state index in [9.17, 15) is 14.0 Å². The summed E-state index contributed by atoms with van der Waals surface area (Å²) in [7, 11) is 0. The Balaban J connectivity index is 1.54. The van der Waals surface area contributed by atoms with Crippen LogP contribution in [-0.4, -0.2) is 18.0 Å². The van der Waals surface area contributed by atoms with Crippen molar-refractivity contribution in [1.29, 1.82) is 0 Å². The summed E-state index contributed by atoms with van der Waals surface area (Å²) in [5, 5.41) is 6.19. The predicted octanol–water partition coefficient (Wildman–Crippen LogP) is 2.76. The van der Waals surface area contributed by atoms with Crippen molar-refractivity contribution in [1.82, 2.24) is 10.7 Å². The number of nitrogens with one attached hydrogen (secondary N) is 2. The summed E-state index contributed by atoms with van der Waals surface area (Å²) < 4.78 is 24.4. The zero-order valence-corrected chi connectivity index (χ0v) is 15.3. The monoisotopic (exact) mass is 395 g/mol. The molecule has 0 unspecified atom stereocenters. The van der Waals surface area contributed by atoms with Crippen LogP contribution in [0.5, 0.6) is 5.75 Å². The van der Waals surface area contributed by atoms with Gasteiger partial charge in [0.2, 0.25) is 0 Å². The summed E-state index contributed by atoms with van der Waals surface area (Å²) in [6.45, 7) is 0.134. The number of nitrogens with zero attached hydrogens (tertiary/aromatic N) is 1. The van der Waals surface area contributed by atoms with Gasteiger partial charge in [-0.1, -0.05) is 30.3 Å².